The van der Waals surface area contributed by atoms with Gasteiger partial charge in [0.15, 0.2) is 0 Å². The molecule has 1 amide bonds. The van der Waals surface area contributed by atoms with E-state index in [4.69, 9.17) is 10.8 Å². The van der Waals surface area contributed by atoms with Gasteiger partial charge in [-0.05, 0) is 18.1 Å². The molecule has 0 aliphatic carbocycles. The van der Waals surface area contributed by atoms with Crippen LogP contribution in [0.2, 0.25) is 0 Å². The molecule has 1 atom stereocenters. The highest BCUT2D eigenvalue weighted by Gasteiger charge is 2.12. The summed E-state index contributed by atoms with van der Waals surface area (Å²) in [5.74, 6) is -1.35. The van der Waals surface area contributed by atoms with Crippen LogP contribution >= 0.6 is 0 Å². The minimum atomic E-state index is -1.09. The third-order valence-corrected chi connectivity index (χ3v) is 2.32. The highest BCUT2D eigenvalue weighted by molar-refractivity contribution is 5.79. The molecule has 0 fully saturated rings. The molecule has 5 nitrogen and oxygen atoms in total. The van der Waals surface area contributed by atoms with E-state index in [1.54, 1.807) is 6.08 Å². The molecule has 0 heterocycles. The van der Waals surface area contributed by atoms with Gasteiger partial charge in [0.1, 0.15) is 6.04 Å². The largest absolute Gasteiger partial charge is 0.480 e. The Hall–Kier alpha value is -2.14. The standard InChI is InChI=1S/C13H16N2O3/c14-11(13(17)18)6-7-12(16)15-9-8-10-4-2-1-3-5-10/h1-5,8-9,11H,6-7,14H2,(H,15,16)(H,17,18)/t11-/m0/s1. The molecule has 0 aliphatic heterocycles. The van der Waals surface area contributed by atoms with Gasteiger partial charge in [0.2, 0.25) is 5.91 Å². The van der Waals surface area contributed by atoms with Crippen molar-refractivity contribution in [3.8, 4) is 0 Å². The molecule has 0 bridgehead atoms. The lowest BCUT2D eigenvalue weighted by atomic mass is 10.1. The van der Waals surface area contributed by atoms with E-state index in [0.29, 0.717) is 0 Å². The van der Waals surface area contributed by atoms with Gasteiger partial charge in [-0.2, -0.15) is 0 Å². The lowest BCUT2D eigenvalue weighted by Crippen LogP contribution is -2.31. The van der Waals surface area contributed by atoms with Crippen LogP contribution in [0, 0.1) is 0 Å². The van der Waals surface area contributed by atoms with Crippen molar-refractivity contribution < 1.29 is 14.7 Å². The number of hydrogen-bond acceptors (Lipinski definition) is 3. The van der Waals surface area contributed by atoms with Crippen molar-refractivity contribution in [1.82, 2.24) is 5.32 Å². The molecule has 1 aromatic rings. The van der Waals surface area contributed by atoms with Crippen molar-refractivity contribution >= 4 is 18.0 Å². The molecule has 1 aromatic carbocycles. The van der Waals surface area contributed by atoms with Crippen LogP contribution < -0.4 is 11.1 Å². The van der Waals surface area contributed by atoms with Gasteiger partial charge in [-0.3, -0.25) is 9.59 Å². The van der Waals surface area contributed by atoms with Gasteiger partial charge in [-0.1, -0.05) is 30.3 Å². The van der Waals surface area contributed by atoms with Crippen LogP contribution in [-0.4, -0.2) is 23.0 Å². The molecular weight excluding hydrogens is 232 g/mol. The molecule has 1 rings (SSSR count). The van der Waals surface area contributed by atoms with E-state index in [9.17, 15) is 9.59 Å². The summed E-state index contributed by atoms with van der Waals surface area (Å²) in [5, 5.41) is 11.1. The Kier molecular flexibility index (Phi) is 5.60. The summed E-state index contributed by atoms with van der Waals surface area (Å²) < 4.78 is 0. The zero-order valence-corrected chi connectivity index (χ0v) is 9.87. The Morgan fingerprint density at radius 2 is 2.00 bits per heavy atom. The quantitative estimate of drug-likeness (QED) is 0.699. The van der Waals surface area contributed by atoms with E-state index >= 15 is 0 Å². The number of rotatable bonds is 6. The fourth-order valence-corrected chi connectivity index (χ4v) is 1.28. The molecule has 0 saturated carbocycles. The first-order valence-electron chi connectivity index (χ1n) is 5.59. The summed E-state index contributed by atoms with van der Waals surface area (Å²) >= 11 is 0. The molecule has 96 valence electrons. The Bertz CT molecular complexity index is 429. The highest BCUT2D eigenvalue weighted by atomic mass is 16.4. The molecule has 5 heteroatoms. The van der Waals surface area contributed by atoms with E-state index < -0.39 is 12.0 Å². The number of carboxylic acids is 1. The number of carboxylic acid groups (broad SMARTS) is 1. The maximum atomic E-state index is 11.3. The summed E-state index contributed by atoms with van der Waals surface area (Å²) in [6.45, 7) is 0. The molecular formula is C13H16N2O3. The molecule has 0 aliphatic rings. The van der Waals surface area contributed by atoms with E-state index in [2.05, 4.69) is 5.32 Å². The third-order valence-electron chi connectivity index (χ3n) is 2.32. The summed E-state index contributed by atoms with van der Waals surface area (Å²) in [5.41, 5.74) is 6.26. The number of aliphatic carboxylic acids is 1. The number of carbonyl (C=O) groups is 2. The van der Waals surface area contributed by atoms with Crippen molar-refractivity contribution in [3.05, 3.63) is 42.1 Å². The summed E-state index contributed by atoms with van der Waals surface area (Å²) in [4.78, 5) is 21.8. The lowest BCUT2D eigenvalue weighted by molar-refractivity contribution is -0.138. The average Bonchev–Trinajstić information content (AvgIpc) is 2.37. The van der Waals surface area contributed by atoms with Crippen molar-refractivity contribution in [1.29, 1.82) is 0 Å². The van der Waals surface area contributed by atoms with Crippen LogP contribution in [0.1, 0.15) is 18.4 Å². The Labute approximate surface area is 105 Å². The molecule has 0 spiro atoms. The number of benzene rings is 1. The summed E-state index contributed by atoms with van der Waals surface area (Å²) in [6.07, 6.45) is 3.51. The minimum absolute atomic E-state index is 0.0899. The van der Waals surface area contributed by atoms with E-state index in [1.807, 2.05) is 30.3 Å². The van der Waals surface area contributed by atoms with Crippen molar-refractivity contribution in [3.63, 3.8) is 0 Å². The number of carbonyl (C=O) groups excluding carboxylic acids is 1. The lowest BCUT2D eigenvalue weighted by Gasteiger charge is -2.04. The summed E-state index contributed by atoms with van der Waals surface area (Å²) in [7, 11) is 0. The van der Waals surface area contributed by atoms with Gasteiger partial charge in [0.05, 0.1) is 0 Å². The zero-order chi connectivity index (χ0) is 13.4. The zero-order valence-electron chi connectivity index (χ0n) is 9.87. The number of nitrogens with two attached hydrogens (primary N) is 1. The minimum Gasteiger partial charge on any atom is -0.480 e. The first-order valence-corrected chi connectivity index (χ1v) is 5.59. The van der Waals surface area contributed by atoms with Crippen molar-refractivity contribution in [2.24, 2.45) is 5.73 Å². The Morgan fingerprint density at radius 3 is 2.61 bits per heavy atom. The van der Waals surface area contributed by atoms with Gasteiger partial charge in [-0.25, -0.2) is 0 Å². The van der Waals surface area contributed by atoms with Gasteiger partial charge in [-0.15, -0.1) is 0 Å². The van der Waals surface area contributed by atoms with Crippen LogP contribution in [0.5, 0.6) is 0 Å². The molecule has 0 aromatic heterocycles. The van der Waals surface area contributed by atoms with E-state index in [1.165, 1.54) is 6.20 Å². The molecule has 0 radical (unpaired) electrons. The second-order valence-corrected chi connectivity index (χ2v) is 3.79. The highest BCUT2D eigenvalue weighted by Crippen LogP contribution is 2.00. The molecule has 0 unspecified atom stereocenters. The van der Waals surface area contributed by atoms with Crippen molar-refractivity contribution in [2.75, 3.05) is 0 Å². The topological polar surface area (TPSA) is 92.4 Å². The SMILES string of the molecule is N[C@@H](CCC(=O)NC=Cc1ccccc1)C(=O)O. The molecule has 4 N–H and O–H groups in total. The van der Waals surface area contributed by atoms with E-state index in [0.717, 1.165) is 5.56 Å². The maximum Gasteiger partial charge on any atom is 0.320 e. The second-order valence-electron chi connectivity index (χ2n) is 3.79. The first-order chi connectivity index (χ1) is 8.59. The van der Waals surface area contributed by atoms with Crippen LogP contribution in [-0.2, 0) is 9.59 Å². The molecule has 18 heavy (non-hydrogen) atoms. The predicted octanol–water partition coefficient (Wildman–Crippen LogP) is 0.966. The maximum absolute atomic E-state index is 11.3. The van der Waals surface area contributed by atoms with Crippen LogP contribution in [0.15, 0.2) is 36.5 Å². The van der Waals surface area contributed by atoms with Crippen molar-refractivity contribution in [2.45, 2.75) is 18.9 Å². The van der Waals surface area contributed by atoms with Gasteiger partial charge < -0.3 is 16.2 Å². The first kappa shape index (κ1) is 13.9. The monoisotopic (exact) mass is 248 g/mol. The second kappa shape index (κ2) is 7.24. The number of nitrogens with one attached hydrogen (secondary N) is 1. The third kappa shape index (κ3) is 5.27. The Balaban J connectivity index is 2.29. The fourth-order valence-electron chi connectivity index (χ4n) is 1.28. The van der Waals surface area contributed by atoms with Crippen LogP contribution in [0.25, 0.3) is 6.08 Å². The van der Waals surface area contributed by atoms with Crippen LogP contribution in [0.4, 0.5) is 0 Å². The van der Waals surface area contributed by atoms with Gasteiger partial charge in [0.25, 0.3) is 0 Å². The van der Waals surface area contributed by atoms with Gasteiger partial charge >= 0.3 is 5.97 Å². The van der Waals surface area contributed by atoms with Gasteiger partial charge in [0, 0.05) is 12.6 Å². The van der Waals surface area contributed by atoms with E-state index in [-0.39, 0.29) is 18.7 Å². The molecule has 0 saturated heterocycles. The van der Waals surface area contributed by atoms with Crippen LogP contribution in [0.3, 0.4) is 0 Å². The fraction of sp³-hybridized carbons (Fsp3) is 0.231. The smallest absolute Gasteiger partial charge is 0.320 e. The number of hydrogen-bond donors (Lipinski definition) is 3. The average molecular weight is 248 g/mol. The number of amides is 1. The summed E-state index contributed by atoms with van der Waals surface area (Å²) in [6, 6.07) is 8.52. The normalized spacial score (nSPS) is 12.3. The Morgan fingerprint density at radius 1 is 1.33 bits per heavy atom. The predicted molar refractivity (Wildman–Crippen MR) is 68.5 cm³/mol.